The van der Waals surface area contributed by atoms with Crippen LogP contribution in [0.2, 0.25) is 5.02 Å². The summed E-state index contributed by atoms with van der Waals surface area (Å²) in [6.07, 6.45) is 0. The molecule has 2 N–H and O–H groups in total. The highest BCUT2D eigenvalue weighted by Gasteiger charge is 2.22. The number of halogens is 2. The van der Waals surface area contributed by atoms with Crippen LogP contribution in [-0.4, -0.2) is 15.5 Å². The first-order valence-electron chi connectivity index (χ1n) is 6.05. The van der Waals surface area contributed by atoms with Gasteiger partial charge in [0, 0.05) is 6.07 Å². The number of furan rings is 1. The van der Waals surface area contributed by atoms with E-state index in [1.54, 1.807) is 14.0 Å². The summed E-state index contributed by atoms with van der Waals surface area (Å²) >= 11 is 5.82. The molecular weight excluding hydrogens is 319 g/mol. The quantitative estimate of drug-likeness (QED) is 0.883. The van der Waals surface area contributed by atoms with E-state index in [9.17, 15) is 12.8 Å². The SMILES string of the molecule is CNCc1cc(S(=O)(=O)Nc2ccc(F)cc2Cl)c(C)o1. The van der Waals surface area contributed by atoms with E-state index in [4.69, 9.17) is 16.0 Å². The van der Waals surface area contributed by atoms with Crippen molar-refractivity contribution in [3.63, 3.8) is 0 Å². The monoisotopic (exact) mass is 332 g/mol. The summed E-state index contributed by atoms with van der Waals surface area (Å²) in [7, 11) is -2.13. The van der Waals surface area contributed by atoms with Crippen molar-refractivity contribution in [2.45, 2.75) is 18.4 Å². The third-order valence-corrected chi connectivity index (χ3v) is 4.52. The molecule has 0 spiro atoms. The Morgan fingerprint density at radius 3 is 2.67 bits per heavy atom. The minimum atomic E-state index is -3.86. The molecule has 0 atom stereocenters. The molecule has 0 radical (unpaired) electrons. The standard InChI is InChI=1S/C13H14ClFN2O3S/c1-8-13(6-10(20-8)7-16-2)21(18,19)17-12-4-3-9(15)5-11(12)14/h3-6,16-17H,7H2,1-2H3. The molecule has 0 amide bonds. The van der Waals surface area contributed by atoms with Crippen LogP contribution in [0.25, 0.3) is 0 Å². The maximum absolute atomic E-state index is 13.0. The fraction of sp³-hybridized carbons (Fsp3) is 0.231. The summed E-state index contributed by atoms with van der Waals surface area (Å²) in [6.45, 7) is 1.97. The van der Waals surface area contributed by atoms with Gasteiger partial charge in [-0.2, -0.15) is 0 Å². The molecule has 1 aromatic carbocycles. The van der Waals surface area contributed by atoms with Gasteiger partial charge in [-0.25, -0.2) is 12.8 Å². The van der Waals surface area contributed by atoms with Gasteiger partial charge in [0.05, 0.1) is 17.3 Å². The lowest BCUT2D eigenvalue weighted by molar-refractivity contribution is 0.466. The first-order chi connectivity index (χ1) is 9.83. The molecule has 0 saturated heterocycles. The summed E-state index contributed by atoms with van der Waals surface area (Å²) in [5.41, 5.74) is 0.105. The highest BCUT2D eigenvalue weighted by molar-refractivity contribution is 7.92. The zero-order valence-electron chi connectivity index (χ0n) is 11.4. The minimum Gasteiger partial charge on any atom is -0.464 e. The van der Waals surface area contributed by atoms with Crippen molar-refractivity contribution in [2.24, 2.45) is 0 Å². The summed E-state index contributed by atoms with van der Waals surface area (Å²) in [6, 6.07) is 4.86. The Bertz CT molecular complexity index is 759. The molecule has 2 aromatic rings. The van der Waals surface area contributed by atoms with Crippen LogP contribution in [-0.2, 0) is 16.6 Å². The molecule has 5 nitrogen and oxygen atoms in total. The molecule has 114 valence electrons. The molecule has 0 unspecified atom stereocenters. The second-order valence-electron chi connectivity index (χ2n) is 4.39. The first-order valence-corrected chi connectivity index (χ1v) is 7.91. The molecule has 8 heteroatoms. The largest absolute Gasteiger partial charge is 0.464 e. The first kappa shape index (κ1) is 15.8. The zero-order chi connectivity index (χ0) is 15.6. The molecule has 1 heterocycles. The van der Waals surface area contributed by atoms with Crippen LogP contribution in [0.1, 0.15) is 11.5 Å². The van der Waals surface area contributed by atoms with Crippen molar-refractivity contribution in [3.8, 4) is 0 Å². The van der Waals surface area contributed by atoms with Gasteiger partial charge in [0.2, 0.25) is 0 Å². The van der Waals surface area contributed by atoms with Crippen molar-refractivity contribution in [3.05, 3.63) is 46.6 Å². The van der Waals surface area contributed by atoms with Crippen LogP contribution in [0, 0.1) is 12.7 Å². The van der Waals surface area contributed by atoms with Gasteiger partial charge in [0.25, 0.3) is 10.0 Å². The Labute approximate surface area is 127 Å². The second-order valence-corrected chi connectivity index (χ2v) is 6.45. The number of hydrogen-bond acceptors (Lipinski definition) is 4. The maximum atomic E-state index is 13.0. The van der Waals surface area contributed by atoms with Gasteiger partial charge < -0.3 is 9.73 Å². The molecule has 2 rings (SSSR count). The lowest BCUT2D eigenvalue weighted by atomic mass is 10.3. The number of sulfonamides is 1. The Morgan fingerprint density at radius 1 is 1.33 bits per heavy atom. The maximum Gasteiger partial charge on any atom is 0.265 e. The smallest absolute Gasteiger partial charge is 0.265 e. The predicted molar refractivity (Wildman–Crippen MR) is 78.4 cm³/mol. The highest BCUT2D eigenvalue weighted by Crippen LogP contribution is 2.27. The molecule has 1 aromatic heterocycles. The fourth-order valence-electron chi connectivity index (χ4n) is 1.82. The average Bonchev–Trinajstić information content (AvgIpc) is 2.75. The van der Waals surface area contributed by atoms with Crippen molar-refractivity contribution in [1.29, 1.82) is 0 Å². The number of anilines is 1. The van der Waals surface area contributed by atoms with E-state index < -0.39 is 15.8 Å². The fourth-order valence-corrected chi connectivity index (χ4v) is 3.38. The number of nitrogens with one attached hydrogen (secondary N) is 2. The Balaban J connectivity index is 2.34. The molecule has 0 aliphatic heterocycles. The molecular formula is C13H14ClFN2O3S. The summed E-state index contributed by atoms with van der Waals surface area (Å²) in [4.78, 5) is 0.0214. The van der Waals surface area contributed by atoms with Crippen LogP contribution >= 0.6 is 11.6 Å². The van der Waals surface area contributed by atoms with E-state index in [0.29, 0.717) is 12.3 Å². The van der Waals surface area contributed by atoms with Gasteiger partial charge in [0.1, 0.15) is 22.2 Å². The number of aryl methyl sites for hydroxylation is 1. The van der Waals surface area contributed by atoms with Crippen molar-refractivity contribution < 1.29 is 17.2 Å². The lowest BCUT2D eigenvalue weighted by Gasteiger charge is -2.08. The van der Waals surface area contributed by atoms with E-state index in [1.807, 2.05) is 0 Å². The van der Waals surface area contributed by atoms with Gasteiger partial charge in [-0.1, -0.05) is 11.6 Å². The molecule has 0 aliphatic carbocycles. The predicted octanol–water partition coefficient (Wildman–Crippen LogP) is 2.90. The van der Waals surface area contributed by atoms with E-state index in [0.717, 1.165) is 12.1 Å². The normalized spacial score (nSPS) is 11.6. The molecule has 0 saturated carbocycles. The van der Waals surface area contributed by atoms with Crippen molar-refractivity contribution >= 4 is 27.3 Å². The molecule has 0 fully saturated rings. The Hall–Kier alpha value is -1.57. The Morgan fingerprint density at radius 2 is 2.05 bits per heavy atom. The topological polar surface area (TPSA) is 71.3 Å². The summed E-state index contributed by atoms with van der Waals surface area (Å²) < 4.78 is 45.3. The third kappa shape index (κ3) is 3.55. The van der Waals surface area contributed by atoms with Gasteiger partial charge in [-0.05, 0) is 32.2 Å². The minimum absolute atomic E-state index is 0.0184. The zero-order valence-corrected chi connectivity index (χ0v) is 13.0. The van der Waals surface area contributed by atoms with Crippen LogP contribution in [0.4, 0.5) is 10.1 Å². The van der Waals surface area contributed by atoms with E-state index >= 15 is 0 Å². The number of rotatable bonds is 5. The molecule has 0 bridgehead atoms. The highest BCUT2D eigenvalue weighted by atomic mass is 35.5. The van der Waals surface area contributed by atoms with Crippen LogP contribution in [0.5, 0.6) is 0 Å². The number of benzene rings is 1. The summed E-state index contributed by atoms with van der Waals surface area (Å²) in [5, 5.41) is 2.85. The molecule has 0 aliphatic rings. The van der Waals surface area contributed by atoms with Crippen LogP contribution in [0.15, 0.2) is 33.6 Å². The second kappa shape index (κ2) is 6.05. The van der Waals surface area contributed by atoms with E-state index in [2.05, 4.69) is 10.0 Å². The van der Waals surface area contributed by atoms with Gasteiger partial charge in [0.15, 0.2) is 0 Å². The number of hydrogen-bond donors (Lipinski definition) is 2. The molecule has 21 heavy (non-hydrogen) atoms. The van der Waals surface area contributed by atoms with Crippen LogP contribution < -0.4 is 10.0 Å². The van der Waals surface area contributed by atoms with E-state index in [1.165, 1.54) is 12.1 Å². The van der Waals surface area contributed by atoms with Crippen molar-refractivity contribution in [2.75, 3.05) is 11.8 Å². The van der Waals surface area contributed by atoms with Crippen LogP contribution in [0.3, 0.4) is 0 Å². The van der Waals surface area contributed by atoms with Gasteiger partial charge in [-0.3, -0.25) is 4.72 Å². The average molecular weight is 333 g/mol. The lowest BCUT2D eigenvalue weighted by Crippen LogP contribution is -2.13. The summed E-state index contributed by atoms with van der Waals surface area (Å²) in [5.74, 6) is 0.227. The Kier molecular flexibility index (Phi) is 4.55. The third-order valence-electron chi connectivity index (χ3n) is 2.74. The van der Waals surface area contributed by atoms with Gasteiger partial charge in [-0.15, -0.1) is 0 Å². The van der Waals surface area contributed by atoms with Gasteiger partial charge >= 0.3 is 0 Å². The van der Waals surface area contributed by atoms with E-state index in [-0.39, 0.29) is 21.4 Å². The van der Waals surface area contributed by atoms with Crippen molar-refractivity contribution in [1.82, 2.24) is 5.32 Å².